The monoisotopic (exact) mass is 397 g/mol. The zero-order valence-electron chi connectivity index (χ0n) is 15.5. The molecule has 0 aliphatic rings. The number of nitrogens with zero attached hydrogens (tertiary/aromatic N) is 1. The Morgan fingerprint density at radius 1 is 0.545 bits per heavy atom. The van der Waals surface area contributed by atoms with Gasteiger partial charge in [-0.05, 0) is 38.5 Å². The fourth-order valence-electron chi connectivity index (χ4n) is 3.14. The van der Waals surface area contributed by atoms with Gasteiger partial charge in [0.2, 0.25) is 0 Å². The maximum absolute atomic E-state index is 6.43. The van der Waals surface area contributed by atoms with E-state index >= 15 is 0 Å². The van der Waals surface area contributed by atoms with E-state index in [0.29, 0.717) is 0 Å². The molecular weight excluding hydrogens is 358 g/mol. The van der Waals surface area contributed by atoms with Crippen molar-refractivity contribution in [2.24, 2.45) is 0 Å². The lowest BCUT2D eigenvalue weighted by Crippen LogP contribution is -3.00. The van der Waals surface area contributed by atoms with Crippen LogP contribution >= 0.6 is 11.6 Å². The summed E-state index contributed by atoms with van der Waals surface area (Å²) in [5.74, 6) is 0. The molecule has 0 aliphatic carbocycles. The summed E-state index contributed by atoms with van der Waals surface area (Å²) < 4.78 is 1.18. The Bertz CT molecular complexity index is 180. The highest BCUT2D eigenvalue weighted by Crippen LogP contribution is 2.18. The molecule has 0 radical (unpaired) electrons. The van der Waals surface area contributed by atoms with Crippen molar-refractivity contribution in [1.82, 2.24) is 0 Å². The average molecular weight is 399 g/mol. The van der Waals surface area contributed by atoms with E-state index in [9.17, 15) is 0 Å². The smallest absolute Gasteiger partial charge is 0.154 e. The zero-order valence-corrected chi connectivity index (χ0v) is 17.9. The Labute approximate surface area is 156 Å². The summed E-state index contributed by atoms with van der Waals surface area (Å²) in [4.78, 5) is 0. The molecule has 0 N–H and O–H groups in total. The van der Waals surface area contributed by atoms with E-state index in [2.05, 4.69) is 20.8 Å². The van der Waals surface area contributed by atoms with E-state index < -0.39 is 0 Å². The molecule has 0 aromatic carbocycles. The van der Waals surface area contributed by atoms with Gasteiger partial charge in [0.1, 0.15) is 0 Å². The second-order valence-electron chi connectivity index (χ2n) is 6.81. The summed E-state index contributed by atoms with van der Waals surface area (Å²) in [5.41, 5.74) is 0. The first kappa shape index (κ1) is 25.0. The van der Waals surface area contributed by atoms with Crippen molar-refractivity contribution < 1.29 is 21.5 Å². The predicted molar refractivity (Wildman–Crippen MR) is 98.0 cm³/mol. The molecule has 0 aromatic heterocycles. The molecule has 3 heteroatoms. The summed E-state index contributed by atoms with van der Waals surface area (Å²) in [6.45, 7) is 10.8. The van der Waals surface area contributed by atoms with Gasteiger partial charge in [0.15, 0.2) is 6.00 Å². The van der Waals surface area contributed by atoms with E-state index in [1.54, 1.807) is 0 Å². The van der Waals surface area contributed by atoms with Gasteiger partial charge in [-0.2, -0.15) is 0 Å². The Morgan fingerprint density at radius 3 is 1.09 bits per heavy atom. The molecule has 0 saturated carbocycles. The maximum Gasteiger partial charge on any atom is 0.154 e. The molecule has 0 saturated heterocycles. The van der Waals surface area contributed by atoms with Gasteiger partial charge in [0, 0.05) is 0 Å². The molecule has 136 valence electrons. The molecule has 0 atom stereocenters. The Balaban J connectivity index is 0. The van der Waals surface area contributed by atoms with Crippen molar-refractivity contribution in [3.8, 4) is 0 Å². The van der Waals surface area contributed by atoms with E-state index in [4.69, 9.17) is 11.6 Å². The van der Waals surface area contributed by atoms with E-state index in [-0.39, 0.29) is 17.0 Å². The quantitative estimate of drug-likeness (QED) is 0.161. The summed E-state index contributed by atoms with van der Waals surface area (Å²) in [6.07, 6.45) is 16.4. The Kier molecular flexibility index (Phi) is 20.5. The minimum atomic E-state index is 0. The van der Waals surface area contributed by atoms with Crippen LogP contribution in [0, 0.1) is 0 Å². The molecule has 0 unspecified atom stereocenters. The number of halogens is 2. The van der Waals surface area contributed by atoms with Gasteiger partial charge in [-0.1, -0.05) is 70.9 Å². The molecule has 0 aromatic rings. The van der Waals surface area contributed by atoms with E-state index in [1.807, 2.05) is 0 Å². The lowest BCUT2D eigenvalue weighted by molar-refractivity contribution is -0.918. The Hall–Kier alpha value is 0.730. The number of alkyl halides is 1. The molecular formula is C19H41BrClN. The van der Waals surface area contributed by atoms with Crippen LogP contribution in [-0.4, -0.2) is 30.1 Å². The fraction of sp³-hybridized carbons (Fsp3) is 1.00. The van der Waals surface area contributed by atoms with Crippen LogP contribution in [0.5, 0.6) is 0 Å². The molecule has 0 heterocycles. The third-order valence-corrected chi connectivity index (χ3v) is 5.22. The van der Waals surface area contributed by atoms with Gasteiger partial charge in [0.25, 0.3) is 0 Å². The van der Waals surface area contributed by atoms with Crippen molar-refractivity contribution in [2.75, 3.05) is 25.6 Å². The van der Waals surface area contributed by atoms with Crippen LogP contribution < -0.4 is 17.0 Å². The maximum atomic E-state index is 6.43. The highest BCUT2D eigenvalue weighted by atomic mass is 79.9. The van der Waals surface area contributed by atoms with Crippen molar-refractivity contribution in [1.29, 1.82) is 0 Å². The van der Waals surface area contributed by atoms with Crippen molar-refractivity contribution in [3.63, 3.8) is 0 Å². The van der Waals surface area contributed by atoms with Gasteiger partial charge in [-0.3, -0.25) is 0 Å². The molecule has 0 fully saturated rings. The van der Waals surface area contributed by atoms with Crippen LogP contribution in [0.25, 0.3) is 0 Å². The van der Waals surface area contributed by atoms with Gasteiger partial charge < -0.3 is 21.5 Å². The first-order valence-electron chi connectivity index (χ1n) is 9.65. The summed E-state index contributed by atoms with van der Waals surface area (Å²) in [7, 11) is 0. The van der Waals surface area contributed by atoms with Crippen molar-refractivity contribution in [3.05, 3.63) is 0 Å². The van der Waals surface area contributed by atoms with E-state index in [1.165, 1.54) is 101 Å². The number of hydrogen-bond donors (Lipinski definition) is 0. The van der Waals surface area contributed by atoms with Crippen LogP contribution in [0.4, 0.5) is 0 Å². The molecule has 0 bridgehead atoms. The van der Waals surface area contributed by atoms with Crippen molar-refractivity contribution >= 4 is 11.6 Å². The first-order chi connectivity index (χ1) is 10.2. The normalized spacial score (nSPS) is 11.5. The molecule has 0 aliphatic heterocycles. The second-order valence-corrected chi connectivity index (χ2v) is 7.05. The molecule has 1 nitrogen and oxygen atoms in total. The SMILES string of the molecule is CCCCCC[N+](CCl)(CCCCCC)CCCCCC.[Br-]. The van der Waals surface area contributed by atoms with E-state index in [0.717, 1.165) is 6.00 Å². The molecule has 0 rings (SSSR count). The molecule has 0 amide bonds. The topological polar surface area (TPSA) is 0 Å². The van der Waals surface area contributed by atoms with Gasteiger partial charge in [-0.15, -0.1) is 0 Å². The minimum Gasteiger partial charge on any atom is -1.00 e. The number of hydrogen-bond acceptors (Lipinski definition) is 0. The average Bonchev–Trinajstić information content (AvgIpc) is 2.51. The lowest BCUT2D eigenvalue weighted by Gasteiger charge is -2.37. The van der Waals surface area contributed by atoms with Crippen LogP contribution in [0.15, 0.2) is 0 Å². The zero-order chi connectivity index (χ0) is 15.8. The summed E-state index contributed by atoms with van der Waals surface area (Å²) in [5, 5.41) is 0. The standard InChI is InChI=1S/C19H41ClN.BrH/c1-4-7-10-13-16-21(19-20,17-14-11-8-5-2)18-15-12-9-6-3;/h4-19H2,1-3H3;1H/q+1;/p-1. The fourth-order valence-corrected chi connectivity index (χ4v) is 3.50. The van der Waals surface area contributed by atoms with Gasteiger partial charge in [0.05, 0.1) is 19.6 Å². The van der Waals surface area contributed by atoms with Crippen LogP contribution in [0.2, 0.25) is 0 Å². The van der Waals surface area contributed by atoms with Crippen LogP contribution in [0.3, 0.4) is 0 Å². The second kappa shape index (κ2) is 18.1. The molecule has 22 heavy (non-hydrogen) atoms. The Morgan fingerprint density at radius 2 is 0.864 bits per heavy atom. The molecule has 0 spiro atoms. The minimum absolute atomic E-state index is 0. The summed E-state index contributed by atoms with van der Waals surface area (Å²) in [6, 6.07) is 0.824. The van der Waals surface area contributed by atoms with Crippen molar-refractivity contribution in [2.45, 2.75) is 97.8 Å². The number of quaternary nitrogens is 1. The predicted octanol–water partition coefficient (Wildman–Crippen LogP) is 3.74. The highest BCUT2D eigenvalue weighted by Gasteiger charge is 2.24. The largest absolute Gasteiger partial charge is 1.00 e. The third-order valence-electron chi connectivity index (χ3n) is 4.71. The third kappa shape index (κ3) is 13.2. The van der Waals surface area contributed by atoms with Gasteiger partial charge in [-0.25, -0.2) is 0 Å². The first-order valence-corrected chi connectivity index (χ1v) is 10.2. The highest BCUT2D eigenvalue weighted by molar-refractivity contribution is 6.16. The van der Waals surface area contributed by atoms with Crippen LogP contribution in [0.1, 0.15) is 97.8 Å². The van der Waals surface area contributed by atoms with Crippen LogP contribution in [-0.2, 0) is 0 Å². The number of rotatable bonds is 16. The number of unbranched alkanes of at least 4 members (excludes halogenated alkanes) is 9. The lowest BCUT2D eigenvalue weighted by atomic mass is 10.1. The summed E-state index contributed by atoms with van der Waals surface area (Å²) >= 11 is 6.43. The van der Waals surface area contributed by atoms with Gasteiger partial charge >= 0.3 is 0 Å².